The van der Waals surface area contributed by atoms with E-state index in [1.54, 1.807) is 0 Å². The van der Waals surface area contributed by atoms with E-state index in [2.05, 4.69) is 0 Å². The molecule has 0 aromatic heterocycles. The molecule has 1 atom stereocenters. The smallest absolute Gasteiger partial charge is 0.414 e. The summed E-state index contributed by atoms with van der Waals surface area (Å²) in [4.78, 5) is 38.8. The number of aliphatic carboxylic acids is 2. The van der Waals surface area contributed by atoms with Crippen molar-refractivity contribution in [3.05, 3.63) is 0 Å². The first kappa shape index (κ1) is 13.0. The Hall–Kier alpha value is -2.00. The molecular weight excluding hydrogens is 214 g/mol. The number of rotatable bonds is 0. The summed E-state index contributed by atoms with van der Waals surface area (Å²) in [6, 6.07) is 0. The van der Waals surface area contributed by atoms with Crippen LogP contribution in [0.1, 0.15) is 6.42 Å². The number of aliphatic hydroxyl groups is 1. The average Bonchev–Trinajstić information content (AvgIpc) is 2.34. The number of carbonyl (C=O) groups excluding carboxylic acids is 2. The molecule has 0 radical (unpaired) electrons. The first-order valence-electron chi connectivity index (χ1n) is 3.47. The minimum absolute atomic E-state index is 0.0648. The third kappa shape index (κ3) is 3.70. The first-order valence-corrected chi connectivity index (χ1v) is 3.47. The van der Waals surface area contributed by atoms with Crippen molar-refractivity contribution in [1.82, 2.24) is 5.06 Å². The van der Waals surface area contributed by atoms with Crippen LogP contribution in [-0.4, -0.2) is 55.4 Å². The Labute approximate surface area is 82.1 Å². The van der Waals surface area contributed by atoms with E-state index in [0.29, 0.717) is 0 Å². The van der Waals surface area contributed by atoms with Gasteiger partial charge in [0.2, 0.25) is 0 Å². The zero-order valence-electron chi connectivity index (χ0n) is 7.15. The first-order chi connectivity index (χ1) is 6.77. The Balaban J connectivity index is 0.000000288. The Kier molecular flexibility index (Phi) is 4.35. The number of nitrogens with zero attached hydrogens (tertiary/aromatic N) is 1. The fourth-order valence-corrected chi connectivity index (χ4v) is 0.603. The molecule has 1 aliphatic heterocycles. The number of aliphatic hydroxyl groups excluding tert-OH is 1. The summed E-state index contributed by atoms with van der Waals surface area (Å²) in [6.45, 7) is 0. The van der Waals surface area contributed by atoms with E-state index in [9.17, 15) is 9.59 Å². The maximum atomic E-state index is 10.3. The summed E-state index contributed by atoms with van der Waals surface area (Å²) >= 11 is 0. The van der Waals surface area contributed by atoms with Crippen molar-refractivity contribution in [2.75, 3.05) is 0 Å². The van der Waals surface area contributed by atoms with Gasteiger partial charge >= 0.3 is 11.9 Å². The molecule has 1 rings (SSSR count). The highest BCUT2D eigenvalue weighted by Gasteiger charge is 2.36. The van der Waals surface area contributed by atoms with Gasteiger partial charge in [0.15, 0.2) is 0 Å². The van der Waals surface area contributed by atoms with Crippen LogP contribution in [0.2, 0.25) is 0 Å². The van der Waals surface area contributed by atoms with Gasteiger partial charge in [0, 0.05) is 0 Å². The van der Waals surface area contributed by atoms with Gasteiger partial charge in [-0.3, -0.25) is 14.8 Å². The van der Waals surface area contributed by atoms with Gasteiger partial charge in [-0.25, -0.2) is 9.59 Å². The second-order valence-corrected chi connectivity index (χ2v) is 2.37. The van der Waals surface area contributed by atoms with Crippen molar-refractivity contribution in [2.24, 2.45) is 0 Å². The summed E-state index contributed by atoms with van der Waals surface area (Å²) in [5.74, 6) is -5.35. The highest BCUT2D eigenvalue weighted by atomic mass is 16.5. The summed E-state index contributed by atoms with van der Waals surface area (Å²) in [7, 11) is 0. The third-order valence-corrected chi connectivity index (χ3v) is 1.28. The number of hydrogen-bond acceptors (Lipinski definition) is 6. The molecular formula is C6H7NO8. The number of carboxylic acid groups (broad SMARTS) is 2. The predicted octanol–water partition coefficient (Wildman–Crippen LogP) is -2.35. The van der Waals surface area contributed by atoms with E-state index in [0.717, 1.165) is 0 Å². The molecule has 9 heteroatoms. The molecule has 4 N–H and O–H groups in total. The number of carboxylic acids is 2. The normalized spacial score (nSPS) is 19.6. The van der Waals surface area contributed by atoms with Crippen molar-refractivity contribution < 1.29 is 39.7 Å². The van der Waals surface area contributed by atoms with Crippen molar-refractivity contribution in [2.45, 2.75) is 12.5 Å². The molecule has 15 heavy (non-hydrogen) atoms. The zero-order valence-corrected chi connectivity index (χ0v) is 7.15. The number of amides is 2. The van der Waals surface area contributed by atoms with Crippen LogP contribution in [0.3, 0.4) is 0 Å². The lowest BCUT2D eigenvalue weighted by atomic mass is 10.3. The number of imide groups is 1. The van der Waals surface area contributed by atoms with Gasteiger partial charge in [-0.15, -0.1) is 0 Å². The van der Waals surface area contributed by atoms with E-state index in [1.165, 1.54) is 0 Å². The molecule has 1 aliphatic rings. The lowest BCUT2D eigenvalue weighted by Gasteiger charge is -2.00. The van der Waals surface area contributed by atoms with Crippen LogP contribution < -0.4 is 0 Å². The molecule has 1 saturated heterocycles. The SMILES string of the molecule is O=C(O)C(=O)O.O=C1CC(O)C(=O)N1O. The number of hydroxylamine groups is 2. The second kappa shape index (κ2) is 5.02. The highest BCUT2D eigenvalue weighted by molar-refractivity contribution is 6.27. The number of carbonyl (C=O) groups is 4. The maximum Gasteiger partial charge on any atom is 0.414 e. The van der Waals surface area contributed by atoms with Crippen LogP contribution in [0, 0.1) is 0 Å². The minimum atomic E-state index is -1.82. The lowest BCUT2D eigenvalue weighted by molar-refractivity contribution is -0.173. The Morgan fingerprint density at radius 1 is 1.20 bits per heavy atom. The topological polar surface area (TPSA) is 152 Å². The zero-order chi connectivity index (χ0) is 12.2. The molecule has 1 fully saturated rings. The van der Waals surface area contributed by atoms with Gasteiger partial charge in [-0.05, 0) is 0 Å². The lowest BCUT2D eigenvalue weighted by Crippen LogP contribution is -2.28. The molecule has 0 spiro atoms. The molecule has 0 aromatic rings. The van der Waals surface area contributed by atoms with Crippen LogP contribution in [-0.2, 0) is 19.2 Å². The van der Waals surface area contributed by atoms with Crippen molar-refractivity contribution in [3.8, 4) is 0 Å². The van der Waals surface area contributed by atoms with Crippen LogP contribution >= 0.6 is 0 Å². The average molecular weight is 221 g/mol. The van der Waals surface area contributed by atoms with Gasteiger partial charge in [-0.2, -0.15) is 5.06 Å². The second-order valence-electron chi connectivity index (χ2n) is 2.37. The summed E-state index contributed by atoms with van der Waals surface area (Å²) in [5, 5.41) is 31.7. The van der Waals surface area contributed by atoms with Crippen LogP contribution in [0.15, 0.2) is 0 Å². The van der Waals surface area contributed by atoms with Crippen molar-refractivity contribution in [1.29, 1.82) is 0 Å². The van der Waals surface area contributed by atoms with Crippen molar-refractivity contribution in [3.63, 3.8) is 0 Å². The van der Waals surface area contributed by atoms with Gasteiger partial charge < -0.3 is 15.3 Å². The maximum absolute atomic E-state index is 10.3. The molecule has 9 nitrogen and oxygen atoms in total. The van der Waals surface area contributed by atoms with E-state index in [1.807, 2.05) is 0 Å². The Morgan fingerprint density at radius 2 is 1.60 bits per heavy atom. The molecule has 84 valence electrons. The van der Waals surface area contributed by atoms with E-state index < -0.39 is 29.9 Å². The van der Waals surface area contributed by atoms with E-state index in [4.69, 9.17) is 30.1 Å². The fourth-order valence-electron chi connectivity index (χ4n) is 0.603. The minimum Gasteiger partial charge on any atom is -0.473 e. The van der Waals surface area contributed by atoms with Crippen LogP contribution in [0.4, 0.5) is 0 Å². The van der Waals surface area contributed by atoms with Gasteiger partial charge in [-0.1, -0.05) is 0 Å². The van der Waals surface area contributed by atoms with Gasteiger partial charge in [0.1, 0.15) is 6.10 Å². The predicted molar refractivity (Wildman–Crippen MR) is 39.5 cm³/mol. The molecule has 1 unspecified atom stereocenters. The fraction of sp³-hybridized carbons (Fsp3) is 0.333. The van der Waals surface area contributed by atoms with Gasteiger partial charge in [0.05, 0.1) is 6.42 Å². The highest BCUT2D eigenvalue weighted by Crippen LogP contribution is 2.08. The monoisotopic (exact) mass is 221 g/mol. The largest absolute Gasteiger partial charge is 0.473 e. The van der Waals surface area contributed by atoms with Crippen LogP contribution in [0.25, 0.3) is 0 Å². The molecule has 0 aliphatic carbocycles. The summed E-state index contributed by atoms with van der Waals surface area (Å²) in [5.41, 5.74) is 0. The molecule has 2 amide bonds. The third-order valence-electron chi connectivity index (χ3n) is 1.28. The molecule has 1 heterocycles. The quantitative estimate of drug-likeness (QED) is 0.201. The van der Waals surface area contributed by atoms with Crippen molar-refractivity contribution >= 4 is 23.8 Å². The van der Waals surface area contributed by atoms with Gasteiger partial charge in [0.25, 0.3) is 11.8 Å². The summed E-state index contributed by atoms with van der Waals surface area (Å²) in [6.07, 6.45) is -1.66. The van der Waals surface area contributed by atoms with Crippen LogP contribution in [0.5, 0.6) is 0 Å². The molecule has 0 bridgehead atoms. The number of hydrogen-bond donors (Lipinski definition) is 4. The summed E-state index contributed by atoms with van der Waals surface area (Å²) < 4.78 is 0. The van der Waals surface area contributed by atoms with E-state index in [-0.39, 0.29) is 11.5 Å². The Morgan fingerprint density at radius 3 is 1.67 bits per heavy atom. The van der Waals surface area contributed by atoms with E-state index >= 15 is 0 Å². The molecule has 0 aromatic carbocycles. The molecule has 0 saturated carbocycles. The standard InChI is InChI=1S/C4H5NO4.C2H2O4/c6-2-1-3(7)5(9)4(2)8;3-1(4)2(5)6/h2,6,9H,1H2;(H,3,4)(H,5,6). The Bertz CT molecular complexity index is 298.